The SMILES string of the molecule is O=C(O)c1csc2nc(SCc3ccc([N+](=O)[O-])cc3)[nH]c(=O)c12. The first kappa shape index (κ1) is 16.1. The van der Waals surface area contributed by atoms with Gasteiger partial charge in [0.15, 0.2) is 5.16 Å². The molecule has 0 saturated heterocycles. The van der Waals surface area contributed by atoms with E-state index in [0.717, 1.165) is 16.9 Å². The first-order valence-electron chi connectivity index (χ1n) is 6.56. The fraction of sp³-hybridized carbons (Fsp3) is 0.0714. The normalized spacial score (nSPS) is 10.8. The summed E-state index contributed by atoms with van der Waals surface area (Å²) >= 11 is 2.35. The van der Waals surface area contributed by atoms with E-state index in [9.17, 15) is 19.7 Å². The zero-order chi connectivity index (χ0) is 17.3. The third kappa shape index (κ3) is 3.14. The molecule has 0 aliphatic heterocycles. The predicted octanol–water partition coefficient (Wildman–Crippen LogP) is 2.88. The summed E-state index contributed by atoms with van der Waals surface area (Å²) in [5.41, 5.74) is 0.294. The average molecular weight is 363 g/mol. The number of carboxylic acids is 1. The largest absolute Gasteiger partial charge is 0.478 e. The predicted molar refractivity (Wildman–Crippen MR) is 89.9 cm³/mol. The van der Waals surface area contributed by atoms with Gasteiger partial charge in [-0.2, -0.15) is 0 Å². The Bertz CT molecular complexity index is 994. The van der Waals surface area contributed by atoms with E-state index in [1.807, 2.05) is 0 Å². The van der Waals surface area contributed by atoms with Crippen molar-refractivity contribution in [3.8, 4) is 0 Å². The number of non-ortho nitro benzene ring substituents is 1. The Morgan fingerprint density at radius 1 is 1.38 bits per heavy atom. The monoisotopic (exact) mass is 363 g/mol. The molecule has 0 atom stereocenters. The van der Waals surface area contributed by atoms with Gasteiger partial charge in [0.2, 0.25) is 0 Å². The van der Waals surface area contributed by atoms with E-state index in [0.29, 0.717) is 15.7 Å². The number of nitro groups is 1. The fourth-order valence-electron chi connectivity index (χ4n) is 2.02. The lowest BCUT2D eigenvalue weighted by Gasteiger charge is -2.02. The Balaban J connectivity index is 1.82. The van der Waals surface area contributed by atoms with Crippen molar-refractivity contribution in [2.24, 2.45) is 0 Å². The molecule has 8 nitrogen and oxygen atoms in total. The zero-order valence-corrected chi connectivity index (χ0v) is 13.5. The van der Waals surface area contributed by atoms with Crippen molar-refractivity contribution in [2.75, 3.05) is 0 Å². The molecule has 0 amide bonds. The number of carbonyl (C=O) groups is 1. The van der Waals surface area contributed by atoms with E-state index in [2.05, 4.69) is 9.97 Å². The molecule has 3 rings (SSSR count). The number of thioether (sulfide) groups is 1. The standard InChI is InChI=1S/C14H9N3O5S2/c18-11-10-9(13(19)20)6-23-12(10)16-14(15-11)24-5-7-1-3-8(4-2-7)17(21)22/h1-4,6H,5H2,(H,19,20)(H,15,16,18). The van der Waals surface area contributed by atoms with Crippen molar-refractivity contribution in [3.63, 3.8) is 0 Å². The summed E-state index contributed by atoms with van der Waals surface area (Å²) in [6.07, 6.45) is 0. The molecule has 2 N–H and O–H groups in total. The van der Waals surface area contributed by atoms with Crippen LogP contribution in [0, 0.1) is 10.1 Å². The highest BCUT2D eigenvalue weighted by atomic mass is 32.2. The summed E-state index contributed by atoms with van der Waals surface area (Å²) in [6, 6.07) is 6.09. The molecular formula is C14H9N3O5S2. The van der Waals surface area contributed by atoms with Gasteiger partial charge < -0.3 is 10.1 Å². The number of aromatic carboxylic acids is 1. The van der Waals surface area contributed by atoms with Crippen molar-refractivity contribution in [1.29, 1.82) is 0 Å². The van der Waals surface area contributed by atoms with Crippen LogP contribution >= 0.6 is 23.1 Å². The molecule has 0 saturated carbocycles. The molecule has 24 heavy (non-hydrogen) atoms. The van der Waals surface area contributed by atoms with E-state index in [1.165, 1.54) is 29.3 Å². The van der Waals surface area contributed by atoms with Gasteiger partial charge in [0.25, 0.3) is 11.2 Å². The van der Waals surface area contributed by atoms with E-state index in [1.54, 1.807) is 12.1 Å². The van der Waals surface area contributed by atoms with Crippen molar-refractivity contribution < 1.29 is 14.8 Å². The highest BCUT2D eigenvalue weighted by molar-refractivity contribution is 7.98. The second kappa shape index (κ2) is 6.42. The van der Waals surface area contributed by atoms with Crippen LogP contribution in [0.4, 0.5) is 5.69 Å². The molecule has 0 spiro atoms. The minimum atomic E-state index is -1.17. The Morgan fingerprint density at radius 2 is 2.08 bits per heavy atom. The van der Waals surface area contributed by atoms with Crippen LogP contribution in [0.2, 0.25) is 0 Å². The number of fused-ring (bicyclic) bond motifs is 1. The maximum absolute atomic E-state index is 12.1. The van der Waals surface area contributed by atoms with Gasteiger partial charge in [0.05, 0.1) is 15.9 Å². The van der Waals surface area contributed by atoms with Crippen LogP contribution in [-0.2, 0) is 5.75 Å². The third-order valence-corrected chi connectivity index (χ3v) is 4.99. The summed E-state index contributed by atoms with van der Waals surface area (Å²) in [5, 5.41) is 21.5. The maximum atomic E-state index is 12.1. The number of hydrogen-bond acceptors (Lipinski definition) is 7. The second-order valence-electron chi connectivity index (χ2n) is 4.72. The number of thiophene rings is 1. The van der Waals surface area contributed by atoms with Gasteiger partial charge in [-0.1, -0.05) is 23.9 Å². The van der Waals surface area contributed by atoms with Crippen LogP contribution in [0.5, 0.6) is 0 Å². The van der Waals surface area contributed by atoms with E-state index in [4.69, 9.17) is 5.11 Å². The topological polar surface area (TPSA) is 126 Å². The second-order valence-corrected chi connectivity index (χ2v) is 6.54. The molecular weight excluding hydrogens is 354 g/mol. The molecule has 10 heteroatoms. The summed E-state index contributed by atoms with van der Waals surface area (Å²) in [5.74, 6) is -0.705. The fourth-order valence-corrected chi connectivity index (χ4v) is 3.81. The van der Waals surface area contributed by atoms with E-state index >= 15 is 0 Å². The molecule has 0 radical (unpaired) electrons. The number of hydrogen-bond donors (Lipinski definition) is 2. The lowest BCUT2D eigenvalue weighted by Crippen LogP contribution is -2.11. The Labute approximate surface area is 142 Å². The van der Waals surface area contributed by atoms with E-state index in [-0.39, 0.29) is 16.6 Å². The smallest absolute Gasteiger partial charge is 0.337 e. The first-order chi connectivity index (χ1) is 11.5. The van der Waals surface area contributed by atoms with Gasteiger partial charge in [0, 0.05) is 23.3 Å². The molecule has 0 aliphatic carbocycles. The third-order valence-electron chi connectivity index (χ3n) is 3.18. The van der Waals surface area contributed by atoms with Gasteiger partial charge in [-0.05, 0) is 5.56 Å². The minimum Gasteiger partial charge on any atom is -0.478 e. The molecule has 122 valence electrons. The van der Waals surface area contributed by atoms with Crippen LogP contribution in [0.15, 0.2) is 39.6 Å². The summed E-state index contributed by atoms with van der Waals surface area (Å²) in [4.78, 5) is 40.5. The van der Waals surface area contributed by atoms with Gasteiger partial charge in [0.1, 0.15) is 4.83 Å². The number of nitrogens with zero attached hydrogens (tertiary/aromatic N) is 2. The number of rotatable bonds is 5. The Kier molecular flexibility index (Phi) is 4.32. The Hall–Kier alpha value is -2.72. The summed E-state index contributed by atoms with van der Waals surface area (Å²) in [7, 11) is 0. The van der Waals surface area contributed by atoms with Crippen LogP contribution in [-0.4, -0.2) is 26.0 Å². The lowest BCUT2D eigenvalue weighted by atomic mass is 10.2. The van der Waals surface area contributed by atoms with Crippen molar-refractivity contribution in [1.82, 2.24) is 9.97 Å². The Morgan fingerprint density at radius 3 is 2.71 bits per heavy atom. The van der Waals surface area contributed by atoms with Gasteiger partial charge in [-0.25, -0.2) is 9.78 Å². The number of aromatic amines is 1. The molecule has 0 unspecified atom stereocenters. The van der Waals surface area contributed by atoms with Crippen molar-refractivity contribution >= 4 is 45.0 Å². The molecule has 0 bridgehead atoms. The van der Waals surface area contributed by atoms with E-state index < -0.39 is 16.5 Å². The highest BCUT2D eigenvalue weighted by Crippen LogP contribution is 2.25. The lowest BCUT2D eigenvalue weighted by molar-refractivity contribution is -0.384. The van der Waals surface area contributed by atoms with Crippen molar-refractivity contribution in [2.45, 2.75) is 10.9 Å². The van der Waals surface area contributed by atoms with Crippen LogP contribution in [0.3, 0.4) is 0 Å². The number of H-pyrrole nitrogens is 1. The van der Waals surface area contributed by atoms with Gasteiger partial charge >= 0.3 is 5.97 Å². The molecule has 1 aromatic carbocycles. The molecule has 2 aromatic heterocycles. The number of aromatic nitrogens is 2. The number of carboxylic acid groups (broad SMARTS) is 1. The summed E-state index contributed by atoms with van der Waals surface area (Å²) < 4.78 is 0. The minimum absolute atomic E-state index is 0.0106. The highest BCUT2D eigenvalue weighted by Gasteiger charge is 2.16. The number of nitrogens with one attached hydrogen (secondary N) is 1. The quantitative estimate of drug-likeness (QED) is 0.309. The molecule has 0 fully saturated rings. The summed E-state index contributed by atoms with van der Waals surface area (Å²) in [6.45, 7) is 0. The maximum Gasteiger partial charge on any atom is 0.337 e. The molecule has 0 aliphatic rings. The number of nitro benzene ring substituents is 1. The van der Waals surface area contributed by atoms with Crippen LogP contribution in [0.25, 0.3) is 10.2 Å². The van der Waals surface area contributed by atoms with Gasteiger partial charge in [-0.3, -0.25) is 14.9 Å². The molecule has 2 heterocycles. The van der Waals surface area contributed by atoms with Crippen molar-refractivity contribution in [3.05, 3.63) is 61.2 Å². The molecule has 3 aromatic rings. The average Bonchev–Trinajstić information content (AvgIpc) is 2.98. The number of benzene rings is 1. The van der Waals surface area contributed by atoms with Crippen LogP contribution in [0.1, 0.15) is 15.9 Å². The van der Waals surface area contributed by atoms with Gasteiger partial charge in [-0.15, -0.1) is 11.3 Å². The van der Waals surface area contributed by atoms with Crippen LogP contribution < -0.4 is 5.56 Å². The zero-order valence-electron chi connectivity index (χ0n) is 11.9. The first-order valence-corrected chi connectivity index (χ1v) is 8.43.